The third-order valence-corrected chi connectivity index (χ3v) is 14.2. The number of benzene rings is 1. The zero-order valence-corrected chi connectivity index (χ0v) is 34.3. The molecule has 0 aliphatic carbocycles. The highest BCUT2D eigenvalue weighted by Crippen LogP contribution is 2.51. The number of ether oxygens (including phenoxy) is 6. The lowest BCUT2D eigenvalue weighted by Crippen LogP contribution is -2.63. The van der Waals surface area contributed by atoms with Gasteiger partial charge in [-0.05, 0) is 120 Å². The zero-order valence-electron chi connectivity index (χ0n) is 32.7. The summed E-state index contributed by atoms with van der Waals surface area (Å²) >= 11 is 3.78. The van der Waals surface area contributed by atoms with E-state index in [0.717, 1.165) is 51.3 Å². The summed E-state index contributed by atoms with van der Waals surface area (Å²) in [5, 5.41) is 22.7. The van der Waals surface area contributed by atoms with Crippen molar-refractivity contribution in [1.82, 2.24) is 0 Å². The van der Waals surface area contributed by atoms with Gasteiger partial charge in [-0.25, -0.2) is 4.79 Å². The van der Waals surface area contributed by atoms with Crippen LogP contribution in [0.4, 0.5) is 13.2 Å². The van der Waals surface area contributed by atoms with E-state index in [1.54, 1.807) is 6.92 Å². The van der Waals surface area contributed by atoms with Crippen LogP contribution in [0.3, 0.4) is 0 Å². The Bertz CT molecular complexity index is 1440. The van der Waals surface area contributed by atoms with Gasteiger partial charge in [0, 0.05) is 17.5 Å². The van der Waals surface area contributed by atoms with Crippen molar-refractivity contribution in [2.75, 3.05) is 7.11 Å². The summed E-state index contributed by atoms with van der Waals surface area (Å²) in [6, 6.07) is 6.53. The highest BCUT2D eigenvalue weighted by atomic mass is 79.9. The van der Waals surface area contributed by atoms with E-state index in [-0.39, 0.29) is 47.2 Å². The topological polar surface area (TPSA) is 113 Å². The van der Waals surface area contributed by atoms with Crippen LogP contribution in [-0.2, 0) is 38.8 Å². The molecule has 4 heterocycles. The Morgan fingerprint density at radius 2 is 1.43 bits per heavy atom. The first-order valence-electron chi connectivity index (χ1n) is 19.0. The molecule has 5 rings (SSSR count). The molecule has 0 unspecified atom stereocenters. The fourth-order valence-electron chi connectivity index (χ4n) is 9.04. The van der Waals surface area contributed by atoms with Gasteiger partial charge in [-0.15, -0.1) is 0 Å². The molecule has 0 saturated carbocycles. The minimum atomic E-state index is -5.17. The van der Waals surface area contributed by atoms with Crippen molar-refractivity contribution in [1.29, 1.82) is 0 Å². The molecule has 302 valence electrons. The first kappa shape index (κ1) is 42.8. The summed E-state index contributed by atoms with van der Waals surface area (Å²) < 4.78 is 81.0. The van der Waals surface area contributed by atoms with Gasteiger partial charge in [0.1, 0.15) is 6.10 Å². The molecule has 0 radical (unpaired) electrons. The predicted molar refractivity (Wildman–Crippen MR) is 196 cm³/mol. The summed E-state index contributed by atoms with van der Waals surface area (Å²) in [5.41, 5.74) is -8.97. The molecule has 1 aromatic carbocycles. The molecule has 4 fully saturated rings. The number of fused-ring (bicyclic) bond motifs is 1. The van der Waals surface area contributed by atoms with E-state index < -0.39 is 57.9 Å². The van der Waals surface area contributed by atoms with Gasteiger partial charge in [-0.1, -0.05) is 46.3 Å². The Kier molecular flexibility index (Phi) is 12.0. The fourth-order valence-corrected chi connectivity index (χ4v) is 9.36. The first-order chi connectivity index (χ1) is 24.3. The number of alkyl halides is 4. The van der Waals surface area contributed by atoms with Gasteiger partial charge in [0.2, 0.25) is 0 Å². The first-order valence-corrected chi connectivity index (χ1v) is 19.9. The van der Waals surface area contributed by atoms with Crippen LogP contribution in [0, 0.1) is 0 Å². The van der Waals surface area contributed by atoms with Crippen molar-refractivity contribution in [3.63, 3.8) is 0 Å². The molecule has 0 amide bonds. The zero-order chi connectivity index (χ0) is 39.5. The molecule has 4 aliphatic rings. The minimum Gasteiger partial charge on any atom is -0.457 e. The van der Waals surface area contributed by atoms with Gasteiger partial charge < -0.3 is 38.6 Å². The molecule has 11 atom stereocenters. The number of hydrogen-bond donors (Lipinski definition) is 2. The lowest BCUT2D eigenvalue weighted by atomic mass is 9.75. The largest absolute Gasteiger partial charge is 0.457 e. The van der Waals surface area contributed by atoms with Crippen molar-refractivity contribution in [2.24, 2.45) is 0 Å². The third-order valence-electron chi connectivity index (χ3n) is 12.7. The van der Waals surface area contributed by atoms with Gasteiger partial charge in [0.05, 0.1) is 58.0 Å². The van der Waals surface area contributed by atoms with E-state index >= 15 is 0 Å². The lowest BCUT2D eigenvalue weighted by molar-refractivity contribution is -0.304. The molecule has 0 aromatic heterocycles. The monoisotopic (exact) mass is 820 g/mol. The molecular formula is C40H60BrF3O9. The maximum Gasteiger partial charge on any atom is 0.432 e. The van der Waals surface area contributed by atoms with E-state index in [9.17, 15) is 28.2 Å². The van der Waals surface area contributed by atoms with Crippen LogP contribution in [-0.4, -0.2) is 98.4 Å². The summed E-state index contributed by atoms with van der Waals surface area (Å²) in [6.07, 6.45) is -1.56. The SMILES string of the molecule is CO[C@](C(=O)O[C@@H](CC[C@@](C)(O)[C@@H]1CC[C@](C)([C@H]2CC[C@H]3O[C@@H]([C@]4(C)CC[C@@H](Br)C(C)(C)O4)CC[C@]3(C)O2)O1)C(C)(C)O)(c1ccccc1)C(F)(F)F. The van der Waals surface area contributed by atoms with Gasteiger partial charge >= 0.3 is 12.1 Å². The van der Waals surface area contributed by atoms with Crippen LogP contribution >= 0.6 is 15.9 Å². The predicted octanol–water partition coefficient (Wildman–Crippen LogP) is 7.84. The van der Waals surface area contributed by atoms with E-state index in [0.29, 0.717) is 19.3 Å². The molecule has 13 heteroatoms. The number of hydrogen-bond acceptors (Lipinski definition) is 9. The second-order valence-corrected chi connectivity index (χ2v) is 18.9. The van der Waals surface area contributed by atoms with Crippen LogP contribution in [0.15, 0.2) is 30.3 Å². The Labute approximate surface area is 321 Å². The molecule has 4 aliphatic heterocycles. The smallest absolute Gasteiger partial charge is 0.432 e. The normalized spacial score (nSPS) is 37.9. The minimum absolute atomic E-state index is 0.0268. The highest BCUT2D eigenvalue weighted by molar-refractivity contribution is 9.09. The van der Waals surface area contributed by atoms with Crippen LogP contribution in [0.5, 0.6) is 0 Å². The van der Waals surface area contributed by atoms with E-state index in [1.165, 1.54) is 32.0 Å². The van der Waals surface area contributed by atoms with E-state index in [1.807, 2.05) is 6.92 Å². The Balaban J connectivity index is 1.22. The average molecular weight is 822 g/mol. The lowest BCUT2D eigenvalue weighted by Gasteiger charge is -2.56. The Hall–Kier alpha value is -1.32. The van der Waals surface area contributed by atoms with Crippen LogP contribution in [0.1, 0.15) is 125 Å². The van der Waals surface area contributed by atoms with Crippen molar-refractivity contribution in [2.45, 2.75) is 200 Å². The number of methoxy groups -OCH3 is 1. The van der Waals surface area contributed by atoms with Crippen LogP contribution in [0.25, 0.3) is 0 Å². The molecular weight excluding hydrogens is 761 g/mol. The summed E-state index contributed by atoms with van der Waals surface area (Å²) in [6.45, 7) is 14.8. The number of aliphatic hydroxyl groups is 2. The van der Waals surface area contributed by atoms with Gasteiger partial charge in [-0.3, -0.25) is 0 Å². The number of halogens is 4. The van der Waals surface area contributed by atoms with Crippen molar-refractivity contribution in [3.05, 3.63) is 35.9 Å². The standard InChI is InChI=1S/C40H60BrF3O9/c1-33(2,46)27(50-32(45)39(48-9,40(42,43)44)25-13-11-10-12-14-25)18-21-35(5,47)28-19-23-37(7,51-28)31-16-15-29-36(6,52-31)24-20-30(49-29)38(8)22-17-26(41)34(3,4)53-38/h10-14,26-31,46-47H,15-24H2,1-9H3/t26-,27+,28+,29-,30-,31-,35-,36+,37-,38+,39+/m1/s1. The van der Waals surface area contributed by atoms with Crippen molar-refractivity contribution in [3.8, 4) is 0 Å². The quantitative estimate of drug-likeness (QED) is 0.170. The Morgan fingerprint density at radius 3 is 2.02 bits per heavy atom. The average Bonchev–Trinajstić information content (AvgIpc) is 3.48. The molecule has 2 N–H and O–H groups in total. The third kappa shape index (κ3) is 8.38. The summed E-state index contributed by atoms with van der Waals surface area (Å²) in [7, 11) is 0.792. The van der Waals surface area contributed by atoms with Crippen LogP contribution in [0.2, 0.25) is 0 Å². The van der Waals surface area contributed by atoms with Crippen molar-refractivity contribution < 1.29 is 56.6 Å². The highest BCUT2D eigenvalue weighted by Gasteiger charge is 2.65. The molecule has 9 nitrogen and oxygen atoms in total. The van der Waals surface area contributed by atoms with Crippen molar-refractivity contribution >= 4 is 21.9 Å². The van der Waals surface area contributed by atoms with Gasteiger partial charge in [-0.2, -0.15) is 13.2 Å². The van der Waals surface area contributed by atoms with E-state index in [4.69, 9.17) is 28.4 Å². The summed E-state index contributed by atoms with van der Waals surface area (Å²) in [4.78, 5) is 13.7. The number of carbonyl (C=O) groups is 1. The maximum absolute atomic E-state index is 14.6. The maximum atomic E-state index is 14.6. The Morgan fingerprint density at radius 1 is 0.868 bits per heavy atom. The van der Waals surface area contributed by atoms with Gasteiger partial charge in [0.25, 0.3) is 5.60 Å². The number of esters is 1. The molecule has 1 aromatic rings. The molecule has 0 bridgehead atoms. The molecule has 4 saturated heterocycles. The number of carbonyl (C=O) groups excluding carboxylic acids is 1. The summed E-state index contributed by atoms with van der Waals surface area (Å²) in [5.74, 6) is -1.70. The molecule has 0 spiro atoms. The van der Waals surface area contributed by atoms with E-state index in [2.05, 4.69) is 43.6 Å². The second-order valence-electron chi connectivity index (χ2n) is 17.8. The second kappa shape index (κ2) is 14.9. The molecule has 53 heavy (non-hydrogen) atoms. The van der Waals surface area contributed by atoms with Crippen LogP contribution < -0.4 is 0 Å². The van der Waals surface area contributed by atoms with Gasteiger partial charge in [0.15, 0.2) is 0 Å². The fraction of sp³-hybridized carbons (Fsp3) is 0.825. The number of rotatable bonds is 11.